The molecule has 0 spiro atoms. The molecule has 2 atom stereocenters. The Kier molecular flexibility index (Phi) is 5.27. The van der Waals surface area contributed by atoms with Crippen LogP contribution in [0.4, 0.5) is 0 Å². The summed E-state index contributed by atoms with van der Waals surface area (Å²) in [6.07, 6.45) is 1.77. The third kappa shape index (κ3) is 3.33. The third-order valence-electron chi connectivity index (χ3n) is 6.41. The summed E-state index contributed by atoms with van der Waals surface area (Å²) < 4.78 is 7.80. The van der Waals surface area contributed by atoms with Crippen LogP contribution in [0.25, 0.3) is 0 Å². The van der Waals surface area contributed by atoms with Crippen molar-refractivity contribution >= 4 is 5.91 Å². The second kappa shape index (κ2) is 7.33. The first-order chi connectivity index (χ1) is 12.8. The summed E-state index contributed by atoms with van der Waals surface area (Å²) in [7, 11) is 1.71. The molecule has 27 heavy (non-hydrogen) atoms. The van der Waals surface area contributed by atoms with Gasteiger partial charge in [0, 0.05) is 24.9 Å². The van der Waals surface area contributed by atoms with E-state index in [2.05, 4.69) is 38.1 Å². The highest BCUT2D eigenvalue weighted by Crippen LogP contribution is 2.56. The lowest BCUT2D eigenvalue weighted by atomic mass is 9.65. The van der Waals surface area contributed by atoms with E-state index in [9.17, 15) is 4.79 Å². The number of carbonyl (C=O) groups is 1. The summed E-state index contributed by atoms with van der Waals surface area (Å²) in [5, 5.41) is 7.49. The minimum Gasteiger partial charge on any atom is -0.486 e. The second-order valence-corrected chi connectivity index (χ2v) is 8.03. The smallest absolute Gasteiger partial charge is 0.223 e. The number of hydrogen-bond donors (Lipinski definition) is 1. The van der Waals surface area contributed by atoms with Crippen LogP contribution in [-0.4, -0.2) is 27.7 Å². The molecule has 1 N–H and O–H groups in total. The monoisotopic (exact) mass is 370 g/mol. The molecule has 1 amide bonds. The Balaban J connectivity index is 1.87. The van der Waals surface area contributed by atoms with Crippen LogP contribution in [0.15, 0.2) is 30.3 Å². The summed E-state index contributed by atoms with van der Waals surface area (Å²) in [5.74, 6) is 2.51. The Morgan fingerprint density at radius 1 is 1.30 bits per heavy atom. The molecule has 0 aliphatic heterocycles. The molecule has 146 valence electrons. The minimum atomic E-state index is -0.224. The minimum absolute atomic E-state index is 0.0291. The maximum absolute atomic E-state index is 12.4. The van der Waals surface area contributed by atoms with Crippen molar-refractivity contribution in [2.45, 2.75) is 59.1 Å². The molecule has 0 radical (unpaired) electrons. The van der Waals surface area contributed by atoms with E-state index in [1.54, 1.807) is 7.05 Å². The topological polar surface area (TPSA) is 69.0 Å². The highest BCUT2D eigenvalue weighted by Gasteiger charge is 2.56. The summed E-state index contributed by atoms with van der Waals surface area (Å²) >= 11 is 0. The quantitative estimate of drug-likeness (QED) is 0.847. The van der Waals surface area contributed by atoms with Crippen molar-refractivity contribution in [3.05, 3.63) is 42.0 Å². The highest BCUT2D eigenvalue weighted by atomic mass is 16.5. The fourth-order valence-corrected chi connectivity index (χ4v) is 4.28. The summed E-state index contributed by atoms with van der Waals surface area (Å²) in [6.45, 7) is 9.71. The van der Waals surface area contributed by atoms with Gasteiger partial charge < -0.3 is 10.1 Å². The number of carbonyl (C=O) groups excluding carboxylic acids is 1. The average Bonchev–Trinajstić information content (AvgIpc) is 3.20. The Morgan fingerprint density at radius 3 is 2.63 bits per heavy atom. The third-order valence-corrected chi connectivity index (χ3v) is 6.41. The van der Waals surface area contributed by atoms with E-state index in [1.165, 1.54) is 0 Å². The SMILES string of the molecule is CCn1nc(COc2ccccc2)nc1[C@@]1(C)CC[C@@H](C(=O)NC)C1(C)C. The van der Waals surface area contributed by atoms with Crippen LogP contribution in [0.5, 0.6) is 5.75 Å². The van der Waals surface area contributed by atoms with E-state index in [0.717, 1.165) is 31.0 Å². The molecule has 1 fully saturated rings. The van der Waals surface area contributed by atoms with Gasteiger partial charge in [-0.15, -0.1) is 0 Å². The first-order valence-electron chi connectivity index (χ1n) is 9.67. The van der Waals surface area contributed by atoms with Gasteiger partial charge in [-0.1, -0.05) is 39.0 Å². The zero-order valence-corrected chi connectivity index (χ0v) is 17.0. The van der Waals surface area contributed by atoms with Gasteiger partial charge in [-0.2, -0.15) is 5.10 Å². The van der Waals surface area contributed by atoms with Gasteiger partial charge >= 0.3 is 0 Å². The van der Waals surface area contributed by atoms with Crippen molar-refractivity contribution in [1.29, 1.82) is 0 Å². The Morgan fingerprint density at radius 2 is 2.00 bits per heavy atom. The van der Waals surface area contributed by atoms with E-state index in [-0.39, 0.29) is 22.7 Å². The first-order valence-corrected chi connectivity index (χ1v) is 9.67. The first kappa shape index (κ1) is 19.4. The van der Waals surface area contributed by atoms with Crippen LogP contribution in [-0.2, 0) is 23.4 Å². The molecule has 0 saturated heterocycles. The number of ether oxygens (including phenoxy) is 1. The lowest BCUT2D eigenvalue weighted by Gasteiger charge is -2.40. The predicted octanol–water partition coefficient (Wildman–Crippen LogP) is 3.32. The number of rotatable bonds is 6. The molecule has 0 bridgehead atoms. The average molecular weight is 370 g/mol. The number of hydrogen-bond acceptors (Lipinski definition) is 4. The normalized spacial score (nSPS) is 24.0. The van der Waals surface area contributed by atoms with E-state index >= 15 is 0 Å². The van der Waals surface area contributed by atoms with E-state index in [1.807, 2.05) is 35.0 Å². The lowest BCUT2D eigenvalue weighted by Crippen LogP contribution is -2.44. The number of amides is 1. The predicted molar refractivity (Wildman–Crippen MR) is 104 cm³/mol. The number of aryl methyl sites for hydroxylation is 1. The summed E-state index contributed by atoms with van der Waals surface area (Å²) in [4.78, 5) is 17.3. The van der Waals surface area contributed by atoms with Crippen molar-refractivity contribution in [2.75, 3.05) is 7.05 Å². The molecule has 1 aliphatic rings. The number of nitrogens with zero attached hydrogens (tertiary/aromatic N) is 3. The number of benzene rings is 1. The molecular weight excluding hydrogens is 340 g/mol. The number of para-hydroxylation sites is 1. The van der Waals surface area contributed by atoms with Gasteiger partial charge in [-0.25, -0.2) is 9.67 Å². The maximum atomic E-state index is 12.4. The molecule has 1 aromatic carbocycles. The van der Waals surface area contributed by atoms with E-state index in [0.29, 0.717) is 12.4 Å². The van der Waals surface area contributed by atoms with Crippen molar-refractivity contribution in [2.24, 2.45) is 11.3 Å². The highest BCUT2D eigenvalue weighted by molar-refractivity contribution is 5.80. The van der Waals surface area contributed by atoms with Gasteiger partial charge in [0.2, 0.25) is 5.91 Å². The summed E-state index contributed by atoms with van der Waals surface area (Å²) in [6, 6.07) is 9.70. The standard InChI is InChI=1S/C21H30N4O2/c1-6-25-19(21(4)13-12-16(18(26)22-5)20(21,2)3)23-17(24-25)14-27-15-10-8-7-9-11-15/h7-11,16H,6,12-14H2,1-5H3,(H,22,26)/t16-,21+/m0/s1. The molecule has 1 aliphatic carbocycles. The second-order valence-electron chi connectivity index (χ2n) is 8.03. The number of nitrogens with one attached hydrogen (secondary N) is 1. The molecule has 2 aromatic rings. The molecule has 3 rings (SSSR count). The van der Waals surface area contributed by atoms with Crippen LogP contribution in [0, 0.1) is 11.3 Å². The van der Waals surface area contributed by atoms with Gasteiger partial charge in [-0.05, 0) is 37.3 Å². The Labute approximate surface area is 161 Å². The van der Waals surface area contributed by atoms with Gasteiger partial charge in [0.05, 0.1) is 0 Å². The maximum Gasteiger partial charge on any atom is 0.223 e. The van der Waals surface area contributed by atoms with E-state index < -0.39 is 0 Å². The van der Waals surface area contributed by atoms with Crippen LogP contribution in [0.3, 0.4) is 0 Å². The molecule has 1 saturated carbocycles. The fourth-order valence-electron chi connectivity index (χ4n) is 4.28. The molecular formula is C21H30N4O2. The van der Waals surface area contributed by atoms with Crippen molar-refractivity contribution in [1.82, 2.24) is 20.1 Å². The zero-order valence-electron chi connectivity index (χ0n) is 17.0. The van der Waals surface area contributed by atoms with Gasteiger partial charge in [-0.3, -0.25) is 4.79 Å². The lowest BCUT2D eigenvalue weighted by molar-refractivity contribution is -0.127. The molecule has 1 aromatic heterocycles. The van der Waals surface area contributed by atoms with Crippen LogP contribution in [0.2, 0.25) is 0 Å². The zero-order chi connectivity index (χ0) is 19.7. The van der Waals surface area contributed by atoms with Gasteiger partial charge in [0.1, 0.15) is 18.2 Å². The largest absolute Gasteiger partial charge is 0.486 e. The fraction of sp³-hybridized carbons (Fsp3) is 0.571. The molecule has 6 nitrogen and oxygen atoms in total. The van der Waals surface area contributed by atoms with Crippen molar-refractivity contribution in [3.63, 3.8) is 0 Å². The van der Waals surface area contributed by atoms with Gasteiger partial charge in [0.25, 0.3) is 0 Å². The molecule has 6 heteroatoms. The van der Waals surface area contributed by atoms with Crippen LogP contribution in [0.1, 0.15) is 52.2 Å². The Hall–Kier alpha value is -2.37. The molecule has 1 heterocycles. The van der Waals surface area contributed by atoms with Gasteiger partial charge in [0.15, 0.2) is 5.82 Å². The summed E-state index contributed by atoms with van der Waals surface area (Å²) in [5.41, 5.74) is -0.442. The van der Waals surface area contributed by atoms with Crippen LogP contribution >= 0.6 is 0 Å². The number of aromatic nitrogens is 3. The molecule has 0 unspecified atom stereocenters. The van der Waals surface area contributed by atoms with E-state index in [4.69, 9.17) is 9.72 Å². The Bertz CT molecular complexity index is 800. The van der Waals surface area contributed by atoms with Crippen molar-refractivity contribution in [3.8, 4) is 5.75 Å². The van der Waals surface area contributed by atoms with Crippen molar-refractivity contribution < 1.29 is 9.53 Å². The van der Waals surface area contributed by atoms with Crippen LogP contribution < -0.4 is 10.1 Å².